The molecular weight excluding hydrogens is 356 g/mol. The normalized spacial score (nSPS) is 21.0. The van der Waals surface area contributed by atoms with E-state index in [-0.39, 0.29) is 17.0 Å². The van der Waals surface area contributed by atoms with Gasteiger partial charge in [-0.25, -0.2) is 13.1 Å². The van der Waals surface area contributed by atoms with E-state index in [9.17, 15) is 8.42 Å². The number of hydrogen-bond acceptors (Lipinski definition) is 3. The Morgan fingerprint density at radius 2 is 1.60 bits per heavy atom. The molecule has 0 bridgehead atoms. The Hall–Kier alpha value is -1.56. The number of anilines is 1. The standard InChI is InChI=1S/C19H23ClN2O2S/c1-14-6-2-3-7-17(14)21-18-8-4-5-9-19(18)22-25(23,24)16-12-10-15(20)11-13-16/h2-3,6-7,10-13,18-19,21-22H,4-5,8-9H2,1H3/t18-,19+/m1/s1. The molecule has 0 aliphatic heterocycles. The van der Waals surface area contributed by atoms with Crippen LogP contribution in [0.25, 0.3) is 0 Å². The third-order valence-corrected chi connectivity index (χ3v) is 6.44. The number of benzene rings is 2. The van der Waals surface area contributed by atoms with Gasteiger partial charge in [-0.2, -0.15) is 0 Å². The Bertz CT molecular complexity index is 822. The van der Waals surface area contributed by atoms with Crippen molar-refractivity contribution < 1.29 is 8.42 Å². The average molecular weight is 379 g/mol. The van der Waals surface area contributed by atoms with Crippen LogP contribution in [0.1, 0.15) is 31.2 Å². The van der Waals surface area contributed by atoms with Gasteiger partial charge in [0.15, 0.2) is 0 Å². The molecule has 4 nitrogen and oxygen atoms in total. The van der Waals surface area contributed by atoms with Crippen LogP contribution < -0.4 is 10.0 Å². The van der Waals surface area contributed by atoms with Crippen LogP contribution in [0.3, 0.4) is 0 Å². The van der Waals surface area contributed by atoms with Crippen molar-refractivity contribution in [1.29, 1.82) is 0 Å². The van der Waals surface area contributed by atoms with Crippen LogP contribution in [0.5, 0.6) is 0 Å². The highest BCUT2D eigenvalue weighted by Crippen LogP contribution is 2.25. The minimum Gasteiger partial charge on any atom is -0.380 e. The number of nitrogens with one attached hydrogen (secondary N) is 2. The maximum atomic E-state index is 12.7. The molecule has 6 heteroatoms. The first-order chi connectivity index (χ1) is 12.0. The van der Waals surface area contributed by atoms with E-state index in [1.54, 1.807) is 12.1 Å². The van der Waals surface area contributed by atoms with Crippen molar-refractivity contribution >= 4 is 27.3 Å². The lowest BCUT2D eigenvalue weighted by Gasteiger charge is -2.33. The molecule has 3 rings (SSSR count). The highest BCUT2D eigenvalue weighted by molar-refractivity contribution is 7.89. The zero-order valence-electron chi connectivity index (χ0n) is 14.2. The van der Waals surface area contributed by atoms with E-state index in [1.807, 2.05) is 18.2 Å². The fourth-order valence-electron chi connectivity index (χ4n) is 3.26. The van der Waals surface area contributed by atoms with Gasteiger partial charge in [-0.3, -0.25) is 0 Å². The summed E-state index contributed by atoms with van der Waals surface area (Å²) in [5.74, 6) is 0. The van der Waals surface area contributed by atoms with Gasteiger partial charge in [0.1, 0.15) is 0 Å². The van der Waals surface area contributed by atoms with Crippen molar-refractivity contribution in [1.82, 2.24) is 4.72 Å². The van der Waals surface area contributed by atoms with E-state index >= 15 is 0 Å². The molecule has 1 fully saturated rings. The maximum absolute atomic E-state index is 12.7. The maximum Gasteiger partial charge on any atom is 0.240 e. The summed E-state index contributed by atoms with van der Waals surface area (Å²) in [5.41, 5.74) is 2.22. The number of hydrogen-bond donors (Lipinski definition) is 2. The zero-order valence-corrected chi connectivity index (χ0v) is 15.8. The molecule has 2 aromatic carbocycles. The van der Waals surface area contributed by atoms with Gasteiger partial charge in [-0.15, -0.1) is 0 Å². The molecule has 2 atom stereocenters. The fraction of sp³-hybridized carbons (Fsp3) is 0.368. The number of para-hydroxylation sites is 1. The highest BCUT2D eigenvalue weighted by atomic mass is 35.5. The topological polar surface area (TPSA) is 58.2 Å². The van der Waals surface area contributed by atoms with Crippen molar-refractivity contribution in [2.45, 2.75) is 49.6 Å². The molecule has 0 heterocycles. The Labute approximate surface area is 154 Å². The molecule has 0 spiro atoms. The van der Waals surface area contributed by atoms with Gasteiger partial charge < -0.3 is 5.32 Å². The summed E-state index contributed by atoms with van der Waals surface area (Å²) in [6.45, 7) is 2.05. The predicted molar refractivity (Wildman–Crippen MR) is 103 cm³/mol. The predicted octanol–water partition coefficient (Wildman–Crippen LogP) is 4.35. The van der Waals surface area contributed by atoms with E-state index in [0.29, 0.717) is 5.02 Å². The zero-order chi connectivity index (χ0) is 17.9. The molecule has 0 saturated heterocycles. The molecule has 134 valence electrons. The molecule has 25 heavy (non-hydrogen) atoms. The summed E-state index contributed by atoms with van der Waals surface area (Å²) in [7, 11) is -3.56. The Kier molecular flexibility index (Phi) is 5.67. The van der Waals surface area contributed by atoms with Crippen LogP contribution in [0.2, 0.25) is 5.02 Å². The molecule has 0 amide bonds. The lowest BCUT2D eigenvalue weighted by molar-refractivity contribution is 0.378. The fourth-order valence-corrected chi connectivity index (χ4v) is 4.70. The number of aryl methyl sites for hydroxylation is 1. The largest absolute Gasteiger partial charge is 0.380 e. The van der Waals surface area contributed by atoms with Crippen molar-refractivity contribution in [3.05, 3.63) is 59.1 Å². The van der Waals surface area contributed by atoms with Crippen LogP contribution in [-0.2, 0) is 10.0 Å². The van der Waals surface area contributed by atoms with Gasteiger partial charge in [-0.05, 0) is 55.7 Å². The molecule has 1 saturated carbocycles. The lowest BCUT2D eigenvalue weighted by Crippen LogP contribution is -2.48. The third kappa shape index (κ3) is 4.54. The van der Waals surface area contributed by atoms with E-state index in [0.717, 1.165) is 36.9 Å². The van der Waals surface area contributed by atoms with Crippen molar-refractivity contribution in [2.24, 2.45) is 0 Å². The minimum atomic E-state index is -3.56. The molecule has 2 N–H and O–H groups in total. The molecule has 2 aromatic rings. The number of sulfonamides is 1. The molecule has 0 aromatic heterocycles. The van der Waals surface area contributed by atoms with Crippen LogP contribution >= 0.6 is 11.6 Å². The highest BCUT2D eigenvalue weighted by Gasteiger charge is 2.29. The molecular formula is C19H23ClN2O2S. The van der Waals surface area contributed by atoms with Crippen molar-refractivity contribution in [2.75, 3.05) is 5.32 Å². The van der Waals surface area contributed by atoms with Gasteiger partial charge in [0.25, 0.3) is 0 Å². The van der Waals surface area contributed by atoms with Crippen molar-refractivity contribution in [3.63, 3.8) is 0 Å². The molecule has 1 aliphatic carbocycles. The van der Waals surface area contributed by atoms with E-state index < -0.39 is 10.0 Å². The first-order valence-electron chi connectivity index (χ1n) is 8.56. The van der Waals surface area contributed by atoms with E-state index in [1.165, 1.54) is 12.1 Å². The molecule has 0 unspecified atom stereocenters. The molecule has 1 aliphatic rings. The quantitative estimate of drug-likeness (QED) is 0.813. The number of rotatable bonds is 5. The van der Waals surface area contributed by atoms with Gasteiger partial charge in [-0.1, -0.05) is 42.6 Å². The van der Waals surface area contributed by atoms with Crippen LogP contribution in [0.15, 0.2) is 53.4 Å². The van der Waals surface area contributed by atoms with Crippen LogP contribution in [-0.4, -0.2) is 20.5 Å². The Balaban J connectivity index is 1.77. The van der Waals surface area contributed by atoms with Gasteiger partial charge in [0.05, 0.1) is 4.90 Å². The van der Waals surface area contributed by atoms with E-state index in [2.05, 4.69) is 23.0 Å². The Morgan fingerprint density at radius 3 is 2.28 bits per heavy atom. The molecule has 0 radical (unpaired) electrons. The summed E-state index contributed by atoms with van der Waals surface area (Å²) >= 11 is 5.86. The summed E-state index contributed by atoms with van der Waals surface area (Å²) in [5, 5.41) is 4.06. The Morgan fingerprint density at radius 1 is 0.960 bits per heavy atom. The monoisotopic (exact) mass is 378 g/mol. The summed E-state index contributed by atoms with van der Waals surface area (Å²) in [4.78, 5) is 0.247. The number of halogens is 1. The van der Waals surface area contributed by atoms with Crippen LogP contribution in [0, 0.1) is 6.92 Å². The summed E-state index contributed by atoms with van der Waals surface area (Å²) in [6, 6.07) is 14.3. The first-order valence-corrected chi connectivity index (χ1v) is 10.4. The SMILES string of the molecule is Cc1ccccc1N[C@@H]1CCCC[C@@H]1NS(=O)(=O)c1ccc(Cl)cc1. The second kappa shape index (κ2) is 7.77. The van der Waals surface area contributed by atoms with Crippen molar-refractivity contribution in [3.8, 4) is 0 Å². The summed E-state index contributed by atoms with van der Waals surface area (Å²) < 4.78 is 28.3. The first kappa shape index (κ1) is 18.2. The smallest absolute Gasteiger partial charge is 0.240 e. The van der Waals surface area contributed by atoms with Crippen LogP contribution in [0.4, 0.5) is 5.69 Å². The average Bonchev–Trinajstić information content (AvgIpc) is 2.59. The van der Waals surface area contributed by atoms with Gasteiger partial charge in [0, 0.05) is 22.8 Å². The second-order valence-corrected chi connectivity index (χ2v) is 8.68. The lowest BCUT2D eigenvalue weighted by atomic mass is 9.90. The third-order valence-electron chi connectivity index (χ3n) is 4.68. The van der Waals surface area contributed by atoms with Gasteiger partial charge >= 0.3 is 0 Å². The van der Waals surface area contributed by atoms with Gasteiger partial charge in [0.2, 0.25) is 10.0 Å². The second-order valence-electron chi connectivity index (χ2n) is 6.53. The summed E-state index contributed by atoms with van der Waals surface area (Å²) in [6.07, 6.45) is 3.90. The minimum absolute atomic E-state index is 0.0805. The van der Waals surface area contributed by atoms with E-state index in [4.69, 9.17) is 11.6 Å².